The van der Waals surface area contributed by atoms with E-state index in [9.17, 15) is 4.79 Å². The molecule has 3 heterocycles. The third-order valence-electron chi connectivity index (χ3n) is 5.07. The first-order valence-corrected chi connectivity index (χ1v) is 10.7. The number of carbonyl (C=O) groups is 1. The Labute approximate surface area is 169 Å². The van der Waals surface area contributed by atoms with Crippen molar-refractivity contribution in [2.75, 3.05) is 13.1 Å². The number of pyridine rings is 1. The van der Waals surface area contributed by atoms with Crippen molar-refractivity contribution < 1.29 is 4.79 Å². The van der Waals surface area contributed by atoms with Crippen molar-refractivity contribution in [3.05, 3.63) is 58.9 Å². The van der Waals surface area contributed by atoms with Crippen LogP contribution in [0.2, 0.25) is 0 Å². The number of thiazole rings is 1. The predicted octanol–water partition coefficient (Wildman–Crippen LogP) is 3.89. The van der Waals surface area contributed by atoms with E-state index in [1.807, 2.05) is 32.2 Å². The second-order valence-corrected chi connectivity index (χ2v) is 8.99. The van der Waals surface area contributed by atoms with Gasteiger partial charge in [-0.3, -0.25) is 14.7 Å². The first-order valence-electron chi connectivity index (χ1n) is 9.88. The van der Waals surface area contributed by atoms with Crippen molar-refractivity contribution in [2.24, 2.45) is 5.92 Å². The molecule has 2 aromatic heterocycles. The number of likely N-dealkylation sites (tertiary alicyclic amines) is 1. The average Bonchev–Trinajstić information content (AvgIpc) is 3.27. The molecule has 1 amide bonds. The number of carbonyl (C=O) groups excluding carboxylic acids is 1. The first-order chi connectivity index (χ1) is 13.6. The Hall–Kier alpha value is -2.31. The van der Waals surface area contributed by atoms with E-state index in [2.05, 4.69) is 33.4 Å². The number of amides is 1. The number of nitrogens with one attached hydrogen (secondary N) is 1. The minimum Gasteiger partial charge on any atom is -0.350 e. The number of hydrogen-bond donors (Lipinski definition) is 1. The Bertz CT molecular complexity index is 935. The van der Waals surface area contributed by atoms with E-state index >= 15 is 0 Å². The molecule has 0 spiro atoms. The number of benzene rings is 1. The average molecular weight is 395 g/mol. The summed E-state index contributed by atoms with van der Waals surface area (Å²) in [6.07, 6.45) is 5.68. The summed E-state index contributed by atoms with van der Waals surface area (Å²) in [7, 11) is 0. The lowest BCUT2D eigenvalue weighted by atomic mass is 9.99. The summed E-state index contributed by atoms with van der Waals surface area (Å²) >= 11 is 1.79. The van der Waals surface area contributed by atoms with Gasteiger partial charge in [0.05, 0.1) is 22.3 Å². The van der Waals surface area contributed by atoms with Gasteiger partial charge in [-0.15, -0.1) is 11.3 Å². The molecule has 28 heavy (non-hydrogen) atoms. The lowest BCUT2D eigenvalue weighted by Crippen LogP contribution is -2.30. The van der Waals surface area contributed by atoms with Crippen LogP contribution in [0.15, 0.2) is 42.7 Å². The number of hydrogen-bond acceptors (Lipinski definition) is 5. The normalized spacial score (nSPS) is 17.5. The molecule has 0 bridgehead atoms. The van der Waals surface area contributed by atoms with Crippen molar-refractivity contribution in [1.82, 2.24) is 20.2 Å². The lowest BCUT2D eigenvalue weighted by molar-refractivity contribution is 0.0942. The van der Waals surface area contributed by atoms with Crippen molar-refractivity contribution in [3.8, 4) is 0 Å². The van der Waals surface area contributed by atoms with E-state index in [4.69, 9.17) is 4.98 Å². The Balaban J connectivity index is 1.35. The molecule has 4 rings (SSSR count). The van der Waals surface area contributed by atoms with Crippen LogP contribution in [0.1, 0.15) is 41.2 Å². The highest BCUT2D eigenvalue weighted by molar-refractivity contribution is 7.18. The SMILES string of the molecule is CC(C)NC(=O)c1cncc(CC2CCN(Cc3nc4ccccc4s3)C2)c1. The first kappa shape index (κ1) is 19.0. The molecule has 1 aliphatic rings. The molecule has 1 saturated heterocycles. The van der Waals surface area contributed by atoms with Crippen LogP contribution in [0.3, 0.4) is 0 Å². The minimum absolute atomic E-state index is 0.0479. The van der Waals surface area contributed by atoms with Crippen LogP contribution in [0, 0.1) is 5.92 Å². The van der Waals surface area contributed by atoms with Crippen LogP contribution >= 0.6 is 11.3 Å². The van der Waals surface area contributed by atoms with Crippen molar-refractivity contribution in [2.45, 2.75) is 39.3 Å². The summed E-state index contributed by atoms with van der Waals surface area (Å²) in [5.74, 6) is 0.549. The molecule has 1 aromatic carbocycles. The third-order valence-corrected chi connectivity index (χ3v) is 6.09. The van der Waals surface area contributed by atoms with Gasteiger partial charge in [0.2, 0.25) is 0 Å². The molecule has 1 fully saturated rings. The van der Waals surface area contributed by atoms with E-state index in [1.165, 1.54) is 16.1 Å². The van der Waals surface area contributed by atoms with Gasteiger partial charge in [-0.05, 0) is 62.9 Å². The van der Waals surface area contributed by atoms with Gasteiger partial charge in [-0.1, -0.05) is 12.1 Å². The summed E-state index contributed by atoms with van der Waals surface area (Å²) in [5.41, 5.74) is 2.89. The molecule has 0 radical (unpaired) electrons. The molecule has 3 aromatic rings. The topological polar surface area (TPSA) is 58.1 Å². The molecule has 0 saturated carbocycles. The maximum Gasteiger partial charge on any atom is 0.253 e. The molecule has 146 valence electrons. The van der Waals surface area contributed by atoms with Crippen molar-refractivity contribution >= 4 is 27.5 Å². The zero-order valence-corrected chi connectivity index (χ0v) is 17.2. The standard InChI is InChI=1S/C22H26N4OS/c1-15(2)24-22(27)18-10-17(11-23-12-18)9-16-7-8-26(13-16)14-21-25-19-5-3-4-6-20(19)28-21/h3-6,10-12,15-16H,7-9,13-14H2,1-2H3,(H,24,27). The van der Waals surface area contributed by atoms with Crippen molar-refractivity contribution in [3.63, 3.8) is 0 Å². The number of nitrogens with zero attached hydrogens (tertiary/aromatic N) is 3. The van der Waals surface area contributed by atoms with Gasteiger partial charge in [0, 0.05) is 25.0 Å². The number of para-hydroxylation sites is 1. The van der Waals surface area contributed by atoms with Gasteiger partial charge in [0.15, 0.2) is 0 Å². The van der Waals surface area contributed by atoms with Crippen LogP contribution in [0.5, 0.6) is 0 Å². The fraction of sp³-hybridized carbons (Fsp3) is 0.409. The number of rotatable bonds is 6. The number of fused-ring (bicyclic) bond motifs is 1. The molecule has 1 unspecified atom stereocenters. The quantitative estimate of drug-likeness (QED) is 0.689. The summed E-state index contributed by atoms with van der Waals surface area (Å²) in [5, 5.41) is 4.12. The fourth-order valence-corrected chi connectivity index (χ4v) is 4.81. The monoisotopic (exact) mass is 394 g/mol. The lowest BCUT2D eigenvalue weighted by Gasteiger charge is -2.14. The Morgan fingerprint density at radius 3 is 3.00 bits per heavy atom. The Kier molecular flexibility index (Phi) is 5.69. The highest BCUT2D eigenvalue weighted by Gasteiger charge is 2.24. The summed E-state index contributed by atoms with van der Waals surface area (Å²) in [6, 6.07) is 10.4. The van der Waals surface area contributed by atoms with Gasteiger partial charge < -0.3 is 5.32 Å². The fourth-order valence-electron chi connectivity index (χ4n) is 3.80. The van der Waals surface area contributed by atoms with Gasteiger partial charge in [0.25, 0.3) is 5.91 Å². The van der Waals surface area contributed by atoms with Gasteiger partial charge >= 0.3 is 0 Å². The zero-order chi connectivity index (χ0) is 19.5. The highest BCUT2D eigenvalue weighted by Crippen LogP contribution is 2.26. The van der Waals surface area contributed by atoms with E-state index < -0.39 is 0 Å². The largest absolute Gasteiger partial charge is 0.350 e. The van der Waals surface area contributed by atoms with Crippen LogP contribution in [0.4, 0.5) is 0 Å². The smallest absolute Gasteiger partial charge is 0.253 e. The van der Waals surface area contributed by atoms with E-state index in [-0.39, 0.29) is 11.9 Å². The predicted molar refractivity (Wildman–Crippen MR) is 114 cm³/mol. The summed E-state index contributed by atoms with van der Waals surface area (Å²) in [4.78, 5) is 23.7. The van der Waals surface area contributed by atoms with Crippen LogP contribution < -0.4 is 5.32 Å². The molecule has 1 aliphatic heterocycles. The Morgan fingerprint density at radius 1 is 1.32 bits per heavy atom. The maximum atomic E-state index is 12.2. The Morgan fingerprint density at radius 2 is 2.18 bits per heavy atom. The van der Waals surface area contributed by atoms with Crippen LogP contribution in [-0.2, 0) is 13.0 Å². The summed E-state index contributed by atoms with van der Waals surface area (Å²) in [6.45, 7) is 7.02. The molecule has 6 heteroatoms. The minimum atomic E-state index is -0.0479. The van der Waals surface area contributed by atoms with Gasteiger partial charge in [0.1, 0.15) is 5.01 Å². The van der Waals surface area contributed by atoms with E-state index in [1.54, 1.807) is 17.5 Å². The molecule has 1 N–H and O–H groups in total. The molecule has 0 aliphatic carbocycles. The van der Waals surface area contributed by atoms with E-state index in [0.717, 1.165) is 37.1 Å². The van der Waals surface area contributed by atoms with Crippen LogP contribution in [0.25, 0.3) is 10.2 Å². The van der Waals surface area contributed by atoms with Crippen LogP contribution in [-0.4, -0.2) is 39.9 Å². The third kappa shape index (κ3) is 4.56. The van der Waals surface area contributed by atoms with Crippen molar-refractivity contribution in [1.29, 1.82) is 0 Å². The zero-order valence-electron chi connectivity index (χ0n) is 16.4. The number of aromatic nitrogens is 2. The van der Waals surface area contributed by atoms with Gasteiger partial charge in [-0.2, -0.15) is 0 Å². The maximum absolute atomic E-state index is 12.2. The summed E-state index contributed by atoms with van der Waals surface area (Å²) < 4.78 is 1.26. The molecular weight excluding hydrogens is 368 g/mol. The molecule has 5 nitrogen and oxygen atoms in total. The molecule has 1 atom stereocenters. The highest BCUT2D eigenvalue weighted by atomic mass is 32.1. The van der Waals surface area contributed by atoms with Gasteiger partial charge in [-0.25, -0.2) is 4.98 Å². The molecular formula is C22H26N4OS. The van der Waals surface area contributed by atoms with E-state index in [0.29, 0.717) is 11.5 Å². The second-order valence-electron chi connectivity index (χ2n) is 7.88. The second kappa shape index (κ2) is 8.37.